The van der Waals surface area contributed by atoms with Crippen molar-refractivity contribution in [1.82, 2.24) is 35.2 Å². The molecule has 2 aromatic heterocycles. The maximum Gasteiger partial charge on any atom is 0.272 e. The lowest BCUT2D eigenvalue weighted by molar-refractivity contribution is -0.121. The Balaban J connectivity index is 1.09. The van der Waals surface area contributed by atoms with Crippen molar-refractivity contribution < 1.29 is 14.4 Å². The molecule has 3 aromatic rings. The number of aromatic nitrogens is 3. The van der Waals surface area contributed by atoms with E-state index in [2.05, 4.69) is 36.5 Å². The number of likely N-dealkylation sites (tertiary alicyclic amines) is 2. The first kappa shape index (κ1) is 33.1. The highest BCUT2D eigenvalue weighted by Gasteiger charge is 2.36. The van der Waals surface area contributed by atoms with E-state index in [9.17, 15) is 14.4 Å². The molecular weight excluding hydrogens is 634 g/mol. The zero-order valence-electron chi connectivity index (χ0n) is 28.8. The summed E-state index contributed by atoms with van der Waals surface area (Å²) in [5.74, 6) is -0.524. The fourth-order valence-corrected chi connectivity index (χ4v) is 7.15. The van der Waals surface area contributed by atoms with Gasteiger partial charge in [0.05, 0.1) is 46.7 Å². The molecule has 14 heteroatoms. The number of benzene rings is 1. The zero-order valence-corrected chi connectivity index (χ0v) is 28.8. The number of hydrogen-bond acceptors (Lipinski definition) is 10. The summed E-state index contributed by atoms with van der Waals surface area (Å²) in [7, 11) is 3.53. The van der Waals surface area contributed by atoms with Crippen LogP contribution >= 0.6 is 0 Å². The Hall–Kier alpha value is -5.37. The normalized spacial score (nSPS) is 18.2. The maximum absolute atomic E-state index is 12.9. The summed E-state index contributed by atoms with van der Waals surface area (Å²) in [6.07, 6.45) is 5.28. The molecule has 0 bridgehead atoms. The highest BCUT2D eigenvalue weighted by atomic mass is 16.2. The molecule has 4 aliphatic rings. The minimum atomic E-state index is -0.476. The third kappa shape index (κ3) is 6.50. The van der Waals surface area contributed by atoms with Crippen LogP contribution in [0.1, 0.15) is 59.3 Å². The van der Waals surface area contributed by atoms with Crippen molar-refractivity contribution in [2.45, 2.75) is 51.7 Å². The monoisotopic (exact) mass is 679 g/mol. The first-order valence-electron chi connectivity index (χ1n) is 17.3. The van der Waals surface area contributed by atoms with Gasteiger partial charge < -0.3 is 37.2 Å². The van der Waals surface area contributed by atoms with Gasteiger partial charge in [0, 0.05) is 69.9 Å². The Labute approximate surface area is 291 Å². The summed E-state index contributed by atoms with van der Waals surface area (Å²) < 4.78 is 2.17. The Morgan fingerprint density at radius 2 is 1.78 bits per heavy atom. The molecule has 5 heterocycles. The average molecular weight is 680 g/mol. The molecule has 7 rings (SSSR count). The highest BCUT2D eigenvalue weighted by molar-refractivity contribution is 5.96. The minimum Gasteiger partial charge on any atom is -0.393 e. The Bertz CT molecular complexity index is 1900. The molecule has 14 nitrogen and oxygen atoms in total. The van der Waals surface area contributed by atoms with E-state index in [0.717, 1.165) is 91.4 Å². The van der Waals surface area contributed by atoms with Crippen LogP contribution in [0.4, 0.5) is 11.4 Å². The number of fused-ring (bicyclic) bond motifs is 3. The van der Waals surface area contributed by atoms with Gasteiger partial charge >= 0.3 is 0 Å². The van der Waals surface area contributed by atoms with Crippen molar-refractivity contribution >= 4 is 29.1 Å². The summed E-state index contributed by atoms with van der Waals surface area (Å²) in [5, 5.41) is 13.7. The minimum absolute atomic E-state index is 0.0207. The second-order valence-corrected chi connectivity index (χ2v) is 13.7. The molecule has 0 radical (unpaired) electrons. The lowest BCUT2D eigenvalue weighted by Crippen LogP contribution is -2.48. The van der Waals surface area contributed by atoms with Gasteiger partial charge in [-0.05, 0) is 50.8 Å². The predicted molar refractivity (Wildman–Crippen MR) is 190 cm³/mol. The van der Waals surface area contributed by atoms with E-state index in [1.165, 1.54) is 13.1 Å². The van der Waals surface area contributed by atoms with Crippen LogP contribution in [0.2, 0.25) is 0 Å². The zero-order chi connectivity index (χ0) is 35.1. The van der Waals surface area contributed by atoms with Gasteiger partial charge in [-0.15, -0.1) is 0 Å². The van der Waals surface area contributed by atoms with Crippen molar-refractivity contribution in [3.8, 4) is 11.1 Å². The summed E-state index contributed by atoms with van der Waals surface area (Å²) in [6.45, 7) is 6.61. The number of nitrogens with zero attached hydrogens (tertiary/aromatic N) is 6. The van der Waals surface area contributed by atoms with E-state index in [-0.39, 0.29) is 41.0 Å². The Morgan fingerprint density at radius 3 is 2.50 bits per heavy atom. The van der Waals surface area contributed by atoms with Crippen LogP contribution in [0, 0.1) is 12.8 Å². The highest BCUT2D eigenvalue weighted by Crippen LogP contribution is 2.46. The van der Waals surface area contributed by atoms with Crippen molar-refractivity contribution in [1.29, 1.82) is 0 Å². The molecule has 1 aromatic carbocycles. The summed E-state index contributed by atoms with van der Waals surface area (Å²) in [4.78, 5) is 48.9. The molecule has 0 spiro atoms. The average Bonchev–Trinajstić information content (AvgIpc) is 3.71. The van der Waals surface area contributed by atoms with E-state index in [0.29, 0.717) is 18.8 Å². The molecule has 3 fully saturated rings. The number of aryl methyl sites for hydroxylation is 1. The number of rotatable bonds is 10. The van der Waals surface area contributed by atoms with Gasteiger partial charge in [0.25, 0.3) is 11.8 Å². The predicted octanol–water partition coefficient (Wildman–Crippen LogP) is 2.15. The van der Waals surface area contributed by atoms with E-state index >= 15 is 0 Å². The van der Waals surface area contributed by atoms with E-state index in [1.54, 1.807) is 0 Å². The third-order valence-electron chi connectivity index (χ3n) is 9.89. The van der Waals surface area contributed by atoms with Gasteiger partial charge in [0.1, 0.15) is 17.2 Å². The SMILES string of the molecule is CNC(=O)/C(N)=C(/C=C(\N)NC(=O)C1CC1)Nc1cccc2c1N(C)Cc1c-2c(C)nn1C1CN(Cc2cccc(C(=O)N3CCCC3)n2)C1. The van der Waals surface area contributed by atoms with Gasteiger partial charge in [-0.25, -0.2) is 4.98 Å². The largest absolute Gasteiger partial charge is 0.393 e. The van der Waals surface area contributed by atoms with E-state index < -0.39 is 5.91 Å². The van der Waals surface area contributed by atoms with Gasteiger partial charge in [-0.1, -0.05) is 18.2 Å². The maximum atomic E-state index is 12.9. The number of carbonyl (C=O) groups is 3. The Kier molecular flexibility index (Phi) is 8.95. The number of pyridine rings is 1. The Morgan fingerprint density at radius 1 is 1.04 bits per heavy atom. The quantitative estimate of drug-likeness (QED) is 0.158. The van der Waals surface area contributed by atoms with Gasteiger partial charge in [0.2, 0.25) is 5.91 Å². The van der Waals surface area contributed by atoms with Crippen LogP contribution in [-0.2, 0) is 22.7 Å². The fourth-order valence-electron chi connectivity index (χ4n) is 7.15. The topological polar surface area (TPSA) is 180 Å². The fraction of sp³-hybridized carbons (Fsp3) is 0.417. The van der Waals surface area contributed by atoms with Crippen molar-refractivity contribution in [3.05, 3.63) is 82.5 Å². The van der Waals surface area contributed by atoms with Crippen LogP contribution in [0.3, 0.4) is 0 Å². The van der Waals surface area contributed by atoms with Crippen LogP contribution < -0.4 is 32.3 Å². The number of allylic oxidation sites excluding steroid dienone is 1. The molecule has 3 aliphatic heterocycles. The second kappa shape index (κ2) is 13.5. The van der Waals surface area contributed by atoms with E-state index in [4.69, 9.17) is 21.5 Å². The van der Waals surface area contributed by atoms with E-state index in [1.807, 2.05) is 49.2 Å². The summed E-state index contributed by atoms with van der Waals surface area (Å²) in [5.41, 5.74) is 20.0. The second-order valence-electron chi connectivity index (χ2n) is 13.7. The number of amides is 3. The van der Waals surface area contributed by atoms with Gasteiger partial charge in [0.15, 0.2) is 0 Å². The molecule has 7 N–H and O–H groups in total. The van der Waals surface area contributed by atoms with Crippen LogP contribution in [0.25, 0.3) is 11.1 Å². The summed E-state index contributed by atoms with van der Waals surface area (Å²) >= 11 is 0. The molecule has 0 unspecified atom stereocenters. The molecule has 1 aliphatic carbocycles. The first-order valence-corrected chi connectivity index (χ1v) is 17.3. The molecule has 262 valence electrons. The van der Waals surface area contributed by atoms with Gasteiger partial charge in [-0.3, -0.25) is 24.0 Å². The third-order valence-corrected chi connectivity index (χ3v) is 9.89. The molecule has 0 atom stereocenters. The van der Waals surface area contributed by atoms with Gasteiger partial charge in [-0.2, -0.15) is 5.10 Å². The number of likely N-dealkylation sites (N-methyl/N-ethyl adjacent to an activating group) is 1. The number of carbonyl (C=O) groups excluding carboxylic acids is 3. The number of hydrogen-bond donors (Lipinski definition) is 5. The van der Waals surface area contributed by atoms with Crippen molar-refractivity contribution in [2.75, 3.05) is 50.5 Å². The standard InChI is InChI=1S/C36H45N11O3/c1-21-31-25-9-7-10-26(41-28(32(38)35(49)39-2)16-30(37)42-34(48)22-12-13-22)33(25)44(3)20-29(31)47(43-21)24-18-45(19-24)17-23-8-6-11-27(40-23)36(50)46-14-4-5-15-46/h6-11,16,22,24,41H,4-5,12-15,17-20,37-38H2,1-3H3,(H,39,49)(H,42,48)/b30-16+,32-28+. The number of nitrogens with one attached hydrogen (secondary N) is 3. The lowest BCUT2D eigenvalue weighted by atomic mass is 9.95. The number of para-hydroxylation sites is 1. The molecular formula is C36H45N11O3. The van der Waals surface area contributed by atoms with Crippen LogP contribution in [0.15, 0.2) is 59.7 Å². The molecule has 1 saturated carbocycles. The molecule has 3 amide bonds. The van der Waals surface area contributed by atoms with Crippen LogP contribution in [0.5, 0.6) is 0 Å². The van der Waals surface area contributed by atoms with Crippen LogP contribution in [-0.4, -0.2) is 82.6 Å². The lowest BCUT2D eigenvalue weighted by Gasteiger charge is -2.40. The molecule has 50 heavy (non-hydrogen) atoms. The van der Waals surface area contributed by atoms with Crippen molar-refractivity contribution in [3.63, 3.8) is 0 Å². The number of nitrogens with two attached hydrogens (primary N) is 2. The number of anilines is 2. The smallest absolute Gasteiger partial charge is 0.272 e. The van der Waals surface area contributed by atoms with Crippen molar-refractivity contribution in [2.24, 2.45) is 17.4 Å². The first-order chi connectivity index (χ1) is 24.1. The summed E-state index contributed by atoms with van der Waals surface area (Å²) in [6, 6.07) is 11.9. The molecule has 2 saturated heterocycles.